The number of hydrogen-bond acceptors (Lipinski definition) is 2. The van der Waals surface area contributed by atoms with Crippen molar-refractivity contribution in [2.24, 2.45) is 5.92 Å². The van der Waals surface area contributed by atoms with Crippen LogP contribution >= 0.6 is 0 Å². The summed E-state index contributed by atoms with van der Waals surface area (Å²) in [7, 11) is 0. The molecule has 1 atom stereocenters. The van der Waals surface area contributed by atoms with Crippen LogP contribution in [-0.2, 0) is 9.53 Å². The largest absolute Gasteiger partial charge is 0.465 e. The second-order valence-electron chi connectivity index (χ2n) is 3.84. The molecule has 80 valence electrons. The molecule has 0 aromatic carbocycles. The van der Waals surface area contributed by atoms with Gasteiger partial charge in [-0.15, -0.1) is 0 Å². The zero-order chi connectivity index (χ0) is 10.2. The third-order valence-electron chi connectivity index (χ3n) is 2.55. The molecule has 0 aliphatic heterocycles. The van der Waals surface area contributed by atoms with E-state index in [4.69, 9.17) is 4.74 Å². The highest BCUT2D eigenvalue weighted by Gasteiger charge is 2.18. The minimum atomic E-state index is -0.0305. The Balaban J connectivity index is 2.14. The molecule has 0 radical (unpaired) electrons. The number of hydrogen-bond donors (Lipinski definition) is 0. The third kappa shape index (κ3) is 3.95. The summed E-state index contributed by atoms with van der Waals surface area (Å²) in [5.74, 6) is 0.00225. The molecule has 0 fully saturated rings. The normalized spacial score (nSPS) is 20.8. The number of unbranched alkanes of at least 4 members (excludes halogenated alkanes) is 2. The van der Waals surface area contributed by atoms with E-state index >= 15 is 0 Å². The van der Waals surface area contributed by atoms with E-state index in [9.17, 15) is 4.79 Å². The van der Waals surface area contributed by atoms with Crippen molar-refractivity contribution < 1.29 is 9.53 Å². The van der Waals surface area contributed by atoms with Crippen molar-refractivity contribution in [2.45, 2.75) is 45.4 Å². The van der Waals surface area contributed by atoms with Crippen LogP contribution in [0.5, 0.6) is 0 Å². The SMILES string of the molecule is CCCCCOC(=O)C1C=CCCC1. The molecule has 0 bridgehead atoms. The average Bonchev–Trinajstić information content (AvgIpc) is 2.25. The molecule has 0 N–H and O–H groups in total. The topological polar surface area (TPSA) is 26.3 Å². The maximum atomic E-state index is 11.5. The van der Waals surface area contributed by atoms with Crippen LogP contribution in [0.2, 0.25) is 0 Å². The van der Waals surface area contributed by atoms with Crippen LogP contribution in [0.4, 0.5) is 0 Å². The highest BCUT2D eigenvalue weighted by molar-refractivity contribution is 5.74. The van der Waals surface area contributed by atoms with Crippen molar-refractivity contribution in [3.05, 3.63) is 12.2 Å². The average molecular weight is 196 g/mol. The first-order valence-electron chi connectivity index (χ1n) is 5.68. The zero-order valence-corrected chi connectivity index (χ0v) is 9.00. The summed E-state index contributed by atoms with van der Waals surface area (Å²) in [6.45, 7) is 2.74. The van der Waals surface area contributed by atoms with E-state index in [0.29, 0.717) is 6.61 Å². The predicted molar refractivity (Wildman–Crippen MR) is 57.0 cm³/mol. The summed E-state index contributed by atoms with van der Waals surface area (Å²) in [5.41, 5.74) is 0. The van der Waals surface area contributed by atoms with Gasteiger partial charge in [0, 0.05) is 0 Å². The standard InChI is InChI=1S/C12H20O2/c1-2-3-7-10-14-12(13)11-8-5-4-6-9-11/h5,8,11H,2-4,6-7,9-10H2,1H3. The Bertz CT molecular complexity index is 196. The number of rotatable bonds is 5. The Labute approximate surface area is 86.3 Å². The highest BCUT2D eigenvalue weighted by atomic mass is 16.5. The molecule has 1 aliphatic carbocycles. The first-order chi connectivity index (χ1) is 6.84. The second kappa shape index (κ2) is 6.63. The first-order valence-corrected chi connectivity index (χ1v) is 5.68. The molecule has 14 heavy (non-hydrogen) atoms. The van der Waals surface area contributed by atoms with Crippen LogP contribution in [0, 0.1) is 5.92 Å². The number of carbonyl (C=O) groups excluding carboxylic acids is 1. The van der Waals surface area contributed by atoms with E-state index in [0.717, 1.165) is 32.1 Å². The first kappa shape index (κ1) is 11.3. The maximum absolute atomic E-state index is 11.5. The monoisotopic (exact) mass is 196 g/mol. The molecule has 0 spiro atoms. The van der Waals surface area contributed by atoms with Gasteiger partial charge in [0.05, 0.1) is 12.5 Å². The molecule has 1 rings (SSSR count). The van der Waals surface area contributed by atoms with Crippen molar-refractivity contribution in [3.63, 3.8) is 0 Å². The van der Waals surface area contributed by atoms with Gasteiger partial charge < -0.3 is 4.74 Å². The molecule has 2 nitrogen and oxygen atoms in total. The minimum absolute atomic E-state index is 0.0305. The molecule has 1 aliphatic rings. The molecular formula is C12H20O2. The lowest BCUT2D eigenvalue weighted by molar-refractivity contribution is -0.147. The van der Waals surface area contributed by atoms with E-state index in [2.05, 4.69) is 13.0 Å². The van der Waals surface area contributed by atoms with Gasteiger partial charge in [0.25, 0.3) is 0 Å². The summed E-state index contributed by atoms with van der Waals surface area (Å²) in [6, 6.07) is 0. The van der Waals surface area contributed by atoms with Crippen molar-refractivity contribution in [1.29, 1.82) is 0 Å². The molecule has 0 saturated heterocycles. The molecule has 0 amide bonds. The number of allylic oxidation sites excluding steroid dienone is 1. The Morgan fingerprint density at radius 2 is 2.36 bits per heavy atom. The number of esters is 1. The van der Waals surface area contributed by atoms with Gasteiger partial charge >= 0.3 is 5.97 Å². The van der Waals surface area contributed by atoms with Gasteiger partial charge in [0.2, 0.25) is 0 Å². The van der Waals surface area contributed by atoms with Gasteiger partial charge in [-0.1, -0.05) is 31.9 Å². The number of ether oxygens (including phenoxy) is 1. The van der Waals surface area contributed by atoms with Crippen LogP contribution < -0.4 is 0 Å². The molecule has 0 aromatic heterocycles. The highest BCUT2D eigenvalue weighted by Crippen LogP contribution is 2.18. The molecule has 0 heterocycles. The van der Waals surface area contributed by atoms with Crippen LogP contribution in [-0.4, -0.2) is 12.6 Å². The van der Waals surface area contributed by atoms with Crippen LogP contribution in [0.25, 0.3) is 0 Å². The second-order valence-corrected chi connectivity index (χ2v) is 3.84. The van der Waals surface area contributed by atoms with E-state index in [1.807, 2.05) is 6.08 Å². The molecule has 0 aromatic rings. The summed E-state index contributed by atoms with van der Waals surface area (Å²) in [4.78, 5) is 11.5. The Morgan fingerprint density at radius 3 is 3.00 bits per heavy atom. The summed E-state index contributed by atoms with van der Waals surface area (Å²) in [5, 5.41) is 0. The summed E-state index contributed by atoms with van der Waals surface area (Å²) < 4.78 is 5.19. The summed E-state index contributed by atoms with van der Waals surface area (Å²) >= 11 is 0. The van der Waals surface area contributed by atoms with Gasteiger partial charge in [0.1, 0.15) is 0 Å². The van der Waals surface area contributed by atoms with Crippen molar-refractivity contribution >= 4 is 5.97 Å². The zero-order valence-electron chi connectivity index (χ0n) is 9.00. The summed E-state index contributed by atoms with van der Waals surface area (Å²) in [6.07, 6.45) is 10.6. The fraction of sp³-hybridized carbons (Fsp3) is 0.750. The molecular weight excluding hydrogens is 176 g/mol. The minimum Gasteiger partial charge on any atom is -0.465 e. The number of carbonyl (C=O) groups is 1. The fourth-order valence-corrected chi connectivity index (χ4v) is 1.64. The van der Waals surface area contributed by atoms with E-state index in [-0.39, 0.29) is 11.9 Å². The predicted octanol–water partition coefficient (Wildman–Crippen LogP) is 3.08. The van der Waals surface area contributed by atoms with Crippen molar-refractivity contribution in [3.8, 4) is 0 Å². The van der Waals surface area contributed by atoms with Gasteiger partial charge in [-0.3, -0.25) is 4.79 Å². The lowest BCUT2D eigenvalue weighted by Crippen LogP contribution is -2.18. The van der Waals surface area contributed by atoms with Crippen LogP contribution in [0.3, 0.4) is 0 Å². The lowest BCUT2D eigenvalue weighted by atomic mass is 9.96. The molecule has 1 unspecified atom stereocenters. The van der Waals surface area contributed by atoms with Gasteiger partial charge in [-0.25, -0.2) is 0 Å². The maximum Gasteiger partial charge on any atom is 0.312 e. The van der Waals surface area contributed by atoms with E-state index in [1.54, 1.807) is 0 Å². The molecule has 0 saturated carbocycles. The van der Waals surface area contributed by atoms with Gasteiger partial charge in [-0.2, -0.15) is 0 Å². The Hall–Kier alpha value is -0.790. The van der Waals surface area contributed by atoms with E-state index in [1.165, 1.54) is 6.42 Å². The van der Waals surface area contributed by atoms with Crippen LogP contribution in [0.1, 0.15) is 45.4 Å². The van der Waals surface area contributed by atoms with E-state index < -0.39 is 0 Å². The smallest absolute Gasteiger partial charge is 0.312 e. The van der Waals surface area contributed by atoms with Crippen LogP contribution in [0.15, 0.2) is 12.2 Å². The Morgan fingerprint density at radius 1 is 1.50 bits per heavy atom. The van der Waals surface area contributed by atoms with Crippen molar-refractivity contribution in [1.82, 2.24) is 0 Å². The third-order valence-corrected chi connectivity index (χ3v) is 2.55. The van der Waals surface area contributed by atoms with Crippen molar-refractivity contribution in [2.75, 3.05) is 6.61 Å². The van der Waals surface area contributed by atoms with Gasteiger partial charge in [0.15, 0.2) is 0 Å². The van der Waals surface area contributed by atoms with Gasteiger partial charge in [-0.05, 0) is 25.7 Å². The molecule has 2 heteroatoms. The fourth-order valence-electron chi connectivity index (χ4n) is 1.64. The quantitative estimate of drug-likeness (QED) is 0.384. The lowest BCUT2D eigenvalue weighted by Gasteiger charge is -2.14. The Kier molecular flexibility index (Phi) is 5.35.